The Morgan fingerprint density at radius 2 is 1.85 bits per heavy atom. The van der Waals surface area contributed by atoms with Gasteiger partial charge in [0, 0.05) is 19.2 Å². The average Bonchev–Trinajstić information content (AvgIpc) is 2.44. The van der Waals surface area contributed by atoms with Gasteiger partial charge in [-0.1, -0.05) is 12.1 Å². The average molecular weight is 284 g/mol. The summed E-state index contributed by atoms with van der Waals surface area (Å²) in [7, 11) is 0. The number of aliphatic hydroxyl groups excluding tert-OH is 2. The molecule has 0 aliphatic heterocycles. The minimum atomic E-state index is -0.598. The van der Waals surface area contributed by atoms with E-state index in [0.29, 0.717) is 0 Å². The minimum absolute atomic E-state index is 0.00111. The molecule has 20 heavy (non-hydrogen) atoms. The summed E-state index contributed by atoms with van der Waals surface area (Å²) < 4.78 is 5.14. The quantitative estimate of drug-likeness (QED) is 0.504. The van der Waals surface area contributed by atoms with Crippen molar-refractivity contribution >= 4 is 11.6 Å². The molecule has 0 aliphatic carbocycles. The Bertz CT molecular complexity index is 459. The smallest absolute Gasteiger partial charge is 0.310 e. The third-order valence-corrected chi connectivity index (χ3v) is 2.51. The van der Waals surface area contributed by atoms with E-state index in [1.807, 2.05) is 0 Å². The molecule has 8 nitrogen and oxygen atoms in total. The Balaban J connectivity index is 2.66. The second-order valence-electron chi connectivity index (χ2n) is 3.84. The van der Waals surface area contributed by atoms with Gasteiger partial charge < -0.3 is 19.8 Å². The number of amides is 1. The SMILES string of the molecule is O=C(COc1ccccc1[N+](=O)[O-])N(CCO)CCO. The van der Waals surface area contributed by atoms with Gasteiger partial charge in [-0.15, -0.1) is 0 Å². The van der Waals surface area contributed by atoms with Gasteiger partial charge in [-0.3, -0.25) is 14.9 Å². The Kier molecular flexibility index (Phi) is 6.41. The van der Waals surface area contributed by atoms with E-state index < -0.39 is 17.4 Å². The minimum Gasteiger partial charge on any atom is -0.477 e. The summed E-state index contributed by atoms with van der Waals surface area (Å²) in [4.78, 5) is 23.2. The number of nitro benzene ring substituents is 1. The van der Waals surface area contributed by atoms with Gasteiger partial charge in [0.25, 0.3) is 5.91 Å². The number of aliphatic hydroxyl groups is 2. The number of carbonyl (C=O) groups excluding carboxylic acids is 1. The van der Waals surface area contributed by atoms with Crippen molar-refractivity contribution in [1.29, 1.82) is 0 Å². The molecular formula is C12H16N2O6. The van der Waals surface area contributed by atoms with E-state index in [-0.39, 0.29) is 37.7 Å². The predicted octanol–water partition coefficient (Wildman–Crippen LogP) is -0.213. The van der Waals surface area contributed by atoms with E-state index in [9.17, 15) is 14.9 Å². The summed E-state index contributed by atoms with van der Waals surface area (Å²) in [6.45, 7) is -0.738. The van der Waals surface area contributed by atoms with E-state index >= 15 is 0 Å². The van der Waals surface area contributed by atoms with E-state index in [4.69, 9.17) is 14.9 Å². The van der Waals surface area contributed by atoms with Gasteiger partial charge in [0.05, 0.1) is 18.1 Å². The Morgan fingerprint density at radius 3 is 2.40 bits per heavy atom. The van der Waals surface area contributed by atoms with Crippen LogP contribution in [0.2, 0.25) is 0 Å². The van der Waals surface area contributed by atoms with E-state index in [1.165, 1.54) is 23.1 Å². The number of benzene rings is 1. The first-order valence-electron chi connectivity index (χ1n) is 5.96. The number of hydrogen-bond acceptors (Lipinski definition) is 6. The second-order valence-corrected chi connectivity index (χ2v) is 3.84. The maximum atomic E-state index is 11.8. The highest BCUT2D eigenvalue weighted by molar-refractivity contribution is 5.78. The third-order valence-electron chi connectivity index (χ3n) is 2.51. The highest BCUT2D eigenvalue weighted by Crippen LogP contribution is 2.25. The monoisotopic (exact) mass is 284 g/mol. The van der Waals surface area contributed by atoms with Crippen LogP contribution < -0.4 is 4.74 Å². The molecule has 8 heteroatoms. The van der Waals surface area contributed by atoms with Gasteiger partial charge >= 0.3 is 5.69 Å². The Hall–Kier alpha value is -2.19. The highest BCUT2D eigenvalue weighted by atomic mass is 16.6. The van der Waals surface area contributed by atoms with Crippen molar-refractivity contribution in [1.82, 2.24) is 4.90 Å². The van der Waals surface area contributed by atoms with Crippen LogP contribution in [0.1, 0.15) is 0 Å². The largest absolute Gasteiger partial charge is 0.477 e. The summed E-state index contributed by atoms with van der Waals surface area (Å²) in [6.07, 6.45) is 0. The van der Waals surface area contributed by atoms with Crippen LogP contribution in [0.5, 0.6) is 5.75 Å². The molecule has 1 rings (SSSR count). The lowest BCUT2D eigenvalue weighted by Gasteiger charge is -2.20. The molecule has 0 saturated heterocycles. The molecule has 0 radical (unpaired) electrons. The first kappa shape index (κ1) is 15.9. The number of ether oxygens (including phenoxy) is 1. The molecule has 0 bridgehead atoms. The van der Waals surface area contributed by atoms with Crippen molar-refractivity contribution < 1.29 is 24.7 Å². The molecule has 2 N–H and O–H groups in total. The zero-order valence-electron chi connectivity index (χ0n) is 10.8. The van der Waals surface area contributed by atoms with Crippen LogP contribution in [0, 0.1) is 10.1 Å². The van der Waals surface area contributed by atoms with Crippen LogP contribution in [0.4, 0.5) is 5.69 Å². The van der Waals surface area contributed by atoms with Gasteiger partial charge in [0.1, 0.15) is 0 Å². The van der Waals surface area contributed by atoms with E-state index in [1.54, 1.807) is 6.07 Å². The molecule has 0 heterocycles. The van der Waals surface area contributed by atoms with Crippen LogP contribution >= 0.6 is 0 Å². The zero-order valence-corrected chi connectivity index (χ0v) is 10.8. The number of para-hydroxylation sites is 2. The van der Waals surface area contributed by atoms with Crippen LogP contribution in [0.15, 0.2) is 24.3 Å². The van der Waals surface area contributed by atoms with Crippen molar-refractivity contribution in [2.75, 3.05) is 32.9 Å². The summed E-state index contributed by atoms with van der Waals surface area (Å²) in [5.74, 6) is -0.468. The molecule has 110 valence electrons. The topological polar surface area (TPSA) is 113 Å². The standard InChI is InChI=1S/C12H16N2O6/c15-7-5-13(6-8-16)12(17)9-20-11-4-2-1-3-10(11)14(18)19/h1-4,15-16H,5-9H2. The molecule has 1 amide bonds. The normalized spacial score (nSPS) is 10.1. The molecule has 0 spiro atoms. The molecule has 0 unspecified atom stereocenters. The number of nitrogens with zero attached hydrogens (tertiary/aromatic N) is 2. The van der Waals surface area contributed by atoms with Gasteiger partial charge in [-0.05, 0) is 6.07 Å². The van der Waals surface area contributed by atoms with Crippen LogP contribution in [-0.2, 0) is 4.79 Å². The molecule has 1 aromatic rings. The first-order valence-corrected chi connectivity index (χ1v) is 5.96. The fourth-order valence-corrected chi connectivity index (χ4v) is 1.56. The van der Waals surface area contributed by atoms with Crippen LogP contribution in [0.25, 0.3) is 0 Å². The molecule has 0 aromatic heterocycles. The van der Waals surface area contributed by atoms with Crippen molar-refractivity contribution in [3.63, 3.8) is 0 Å². The fourth-order valence-electron chi connectivity index (χ4n) is 1.56. The zero-order chi connectivity index (χ0) is 15.0. The van der Waals surface area contributed by atoms with Crippen molar-refractivity contribution in [3.8, 4) is 5.75 Å². The van der Waals surface area contributed by atoms with Crippen LogP contribution in [0.3, 0.4) is 0 Å². The van der Waals surface area contributed by atoms with Gasteiger partial charge in [-0.25, -0.2) is 0 Å². The first-order chi connectivity index (χ1) is 9.60. The number of rotatable bonds is 8. The maximum Gasteiger partial charge on any atom is 0.310 e. The predicted molar refractivity (Wildman–Crippen MR) is 69.3 cm³/mol. The maximum absolute atomic E-state index is 11.8. The number of hydrogen-bond donors (Lipinski definition) is 2. The second kappa shape index (κ2) is 8.08. The van der Waals surface area contributed by atoms with E-state index in [0.717, 1.165) is 0 Å². The van der Waals surface area contributed by atoms with Crippen molar-refractivity contribution in [2.45, 2.75) is 0 Å². The summed E-state index contributed by atoms with van der Waals surface area (Å²) >= 11 is 0. The summed E-state index contributed by atoms with van der Waals surface area (Å²) in [6, 6.07) is 5.73. The molecule has 0 saturated carbocycles. The summed E-state index contributed by atoms with van der Waals surface area (Å²) in [5, 5.41) is 28.4. The van der Waals surface area contributed by atoms with Gasteiger partial charge in [0.15, 0.2) is 12.4 Å². The lowest BCUT2D eigenvalue weighted by Crippen LogP contribution is -2.38. The molecule has 1 aromatic carbocycles. The Morgan fingerprint density at radius 1 is 1.25 bits per heavy atom. The molecule has 0 atom stereocenters. The van der Waals surface area contributed by atoms with Crippen LogP contribution in [-0.4, -0.2) is 58.9 Å². The summed E-state index contributed by atoms with van der Waals surface area (Å²) in [5.41, 5.74) is -0.226. The van der Waals surface area contributed by atoms with Gasteiger partial charge in [0.2, 0.25) is 0 Å². The fraction of sp³-hybridized carbons (Fsp3) is 0.417. The highest BCUT2D eigenvalue weighted by Gasteiger charge is 2.17. The van der Waals surface area contributed by atoms with Crippen molar-refractivity contribution in [2.24, 2.45) is 0 Å². The third kappa shape index (κ3) is 4.48. The molecular weight excluding hydrogens is 268 g/mol. The molecule has 0 aliphatic rings. The molecule has 0 fully saturated rings. The number of carbonyl (C=O) groups is 1. The Labute approximate surface area is 115 Å². The lowest BCUT2D eigenvalue weighted by atomic mass is 10.3. The van der Waals surface area contributed by atoms with Gasteiger partial charge in [-0.2, -0.15) is 0 Å². The lowest BCUT2D eigenvalue weighted by molar-refractivity contribution is -0.385. The van der Waals surface area contributed by atoms with E-state index in [2.05, 4.69) is 0 Å². The van der Waals surface area contributed by atoms with Crippen molar-refractivity contribution in [3.05, 3.63) is 34.4 Å². The number of nitro groups is 1.